The van der Waals surface area contributed by atoms with Gasteiger partial charge in [-0.15, -0.1) is 0 Å². The molecule has 4 nitrogen and oxygen atoms in total. The first kappa shape index (κ1) is 11.5. The summed E-state index contributed by atoms with van der Waals surface area (Å²) < 4.78 is 5.34. The summed E-state index contributed by atoms with van der Waals surface area (Å²) in [5.41, 5.74) is 3.11. The van der Waals surface area contributed by atoms with E-state index in [1.807, 2.05) is 6.07 Å². The van der Waals surface area contributed by atoms with E-state index in [4.69, 9.17) is 4.74 Å². The third kappa shape index (κ3) is 2.19. The van der Waals surface area contributed by atoms with Gasteiger partial charge in [0.15, 0.2) is 0 Å². The average molecular weight is 243 g/mol. The predicted octanol–water partition coefficient (Wildman–Crippen LogP) is 2.03. The maximum Gasteiger partial charge on any atom is 0.144 e. The van der Waals surface area contributed by atoms with E-state index in [2.05, 4.69) is 16.4 Å². The van der Waals surface area contributed by atoms with E-state index in [1.54, 1.807) is 0 Å². The first-order chi connectivity index (χ1) is 8.86. The molecule has 0 saturated carbocycles. The zero-order valence-corrected chi connectivity index (χ0v) is 10.4. The molecule has 2 aliphatic rings. The van der Waals surface area contributed by atoms with Crippen LogP contribution in [0.25, 0.3) is 0 Å². The zero-order valence-electron chi connectivity index (χ0n) is 10.4. The van der Waals surface area contributed by atoms with Gasteiger partial charge in [-0.05, 0) is 43.7 Å². The van der Waals surface area contributed by atoms with Crippen molar-refractivity contribution in [2.75, 3.05) is 18.5 Å². The molecule has 0 unspecified atom stereocenters. The number of rotatable bonds is 2. The van der Waals surface area contributed by atoms with Gasteiger partial charge in [0.05, 0.1) is 5.56 Å². The molecule has 0 atom stereocenters. The molecule has 0 radical (unpaired) electrons. The summed E-state index contributed by atoms with van der Waals surface area (Å²) in [6.07, 6.45) is 5.25. The largest absolute Gasteiger partial charge is 0.381 e. The fourth-order valence-corrected chi connectivity index (χ4v) is 2.70. The van der Waals surface area contributed by atoms with Crippen molar-refractivity contribution >= 4 is 5.82 Å². The molecule has 0 aromatic carbocycles. The number of nitrogens with one attached hydrogen (secondary N) is 1. The minimum absolute atomic E-state index is 0.387. The smallest absolute Gasteiger partial charge is 0.144 e. The lowest BCUT2D eigenvalue weighted by Crippen LogP contribution is -2.28. The Morgan fingerprint density at radius 1 is 1.33 bits per heavy atom. The van der Waals surface area contributed by atoms with Gasteiger partial charge in [-0.2, -0.15) is 5.26 Å². The maximum atomic E-state index is 9.22. The van der Waals surface area contributed by atoms with E-state index < -0.39 is 0 Å². The molecule has 1 aliphatic heterocycles. The molecule has 2 heterocycles. The Morgan fingerprint density at radius 2 is 2.17 bits per heavy atom. The minimum Gasteiger partial charge on any atom is -0.381 e. The first-order valence-corrected chi connectivity index (χ1v) is 6.64. The van der Waals surface area contributed by atoms with Crippen LogP contribution in [0.2, 0.25) is 0 Å². The molecule has 1 aliphatic carbocycles. The van der Waals surface area contributed by atoms with Gasteiger partial charge in [-0.25, -0.2) is 4.98 Å². The number of hydrogen-bond donors (Lipinski definition) is 1. The Hall–Kier alpha value is -1.60. The number of nitriles is 1. The molecule has 4 heteroatoms. The number of ether oxygens (including phenoxy) is 1. The molecule has 1 fully saturated rings. The second kappa shape index (κ2) is 4.95. The molecule has 3 rings (SSSR count). The Bertz CT molecular complexity index is 487. The van der Waals surface area contributed by atoms with Crippen LogP contribution < -0.4 is 5.32 Å². The van der Waals surface area contributed by atoms with E-state index in [1.165, 1.54) is 11.3 Å². The predicted molar refractivity (Wildman–Crippen MR) is 68.4 cm³/mol. The van der Waals surface area contributed by atoms with Gasteiger partial charge < -0.3 is 10.1 Å². The van der Waals surface area contributed by atoms with Gasteiger partial charge >= 0.3 is 0 Å². The standard InChI is InChI=1S/C14H17N3O/c15-9-11-8-10-2-1-3-13(10)17-14(11)16-12-4-6-18-7-5-12/h8,12H,1-7H2,(H,16,17). The fraction of sp³-hybridized carbons (Fsp3) is 0.571. The molecule has 1 aromatic heterocycles. The molecule has 94 valence electrons. The lowest BCUT2D eigenvalue weighted by Gasteiger charge is -2.24. The van der Waals surface area contributed by atoms with Crippen LogP contribution in [0.1, 0.15) is 36.1 Å². The van der Waals surface area contributed by atoms with Crippen LogP contribution in [0.15, 0.2) is 6.07 Å². The topological polar surface area (TPSA) is 57.9 Å². The van der Waals surface area contributed by atoms with Crippen LogP contribution >= 0.6 is 0 Å². The van der Waals surface area contributed by atoms with Crippen LogP contribution in [-0.2, 0) is 17.6 Å². The van der Waals surface area contributed by atoms with Crippen LogP contribution in [0.3, 0.4) is 0 Å². The third-order valence-electron chi connectivity index (χ3n) is 3.73. The van der Waals surface area contributed by atoms with Crippen LogP contribution in [0.5, 0.6) is 0 Å². The van der Waals surface area contributed by atoms with Crippen LogP contribution in [-0.4, -0.2) is 24.2 Å². The highest BCUT2D eigenvalue weighted by molar-refractivity contribution is 5.55. The Morgan fingerprint density at radius 3 is 2.94 bits per heavy atom. The number of hydrogen-bond acceptors (Lipinski definition) is 4. The normalized spacial score (nSPS) is 19.3. The van der Waals surface area contributed by atoms with Crippen LogP contribution in [0.4, 0.5) is 5.82 Å². The monoisotopic (exact) mass is 243 g/mol. The highest BCUT2D eigenvalue weighted by atomic mass is 16.5. The molecule has 1 saturated heterocycles. The summed E-state index contributed by atoms with van der Waals surface area (Å²) >= 11 is 0. The minimum atomic E-state index is 0.387. The van der Waals surface area contributed by atoms with Crippen molar-refractivity contribution in [1.82, 2.24) is 4.98 Å². The molecular weight excluding hydrogens is 226 g/mol. The van der Waals surface area contributed by atoms with E-state index in [0.717, 1.165) is 51.1 Å². The summed E-state index contributed by atoms with van der Waals surface area (Å²) in [4.78, 5) is 4.64. The molecular formula is C14H17N3O. The number of nitrogens with zero attached hydrogens (tertiary/aromatic N) is 2. The van der Waals surface area contributed by atoms with E-state index in [9.17, 15) is 5.26 Å². The molecule has 0 amide bonds. The number of aryl methyl sites for hydroxylation is 2. The summed E-state index contributed by atoms with van der Waals surface area (Å²) in [5, 5.41) is 12.6. The van der Waals surface area contributed by atoms with Crippen molar-refractivity contribution < 1.29 is 4.74 Å². The molecule has 0 bridgehead atoms. The Kier molecular flexibility index (Phi) is 3.16. The van der Waals surface area contributed by atoms with Crippen molar-refractivity contribution in [2.45, 2.75) is 38.1 Å². The van der Waals surface area contributed by atoms with Gasteiger partial charge in [0.2, 0.25) is 0 Å². The second-order valence-electron chi connectivity index (χ2n) is 4.99. The zero-order chi connectivity index (χ0) is 12.4. The van der Waals surface area contributed by atoms with E-state index in [0.29, 0.717) is 11.6 Å². The molecule has 18 heavy (non-hydrogen) atoms. The number of aromatic nitrogens is 1. The quantitative estimate of drug-likeness (QED) is 0.863. The van der Waals surface area contributed by atoms with Gasteiger partial charge in [0, 0.05) is 24.9 Å². The Balaban J connectivity index is 1.84. The number of fused-ring (bicyclic) bond motifs is 1. The molecule has 0 spiro atoms. The Labute approximate surface area is 107 Å². The van der Waals surface area contributed by atoms with E-state index in [-0.39, 0.29) is 0 Å². The highest BCUT2D eigenvalue weighted by Gasteiger charge is 2.19. The number of anilines is 1. The fourth-order valence-electron chi connectivity index (χ4n) is 2.70. The average Bonchev–Trinajstić information content (AvgIpc) is 2.86. The van der Waals surface area contributed by atoms with Crippen molar-refractivity contribution in [1.29, 1.82) is 5.26 Å². The SMILES string of the molecule is N#Cc1cc2c(nc1NC1CCOCC1)CCC2. The van der Waals surface area contributed by atoms with E-state index >= 15 is 0 Å². The van der Waals surface area contributed by atoms with Crippen molar-refractivity contribution in [3.63, 3.8) is 0 Å². The third-order valence-corrected chi connectivity index (χ3v) is 3.73. The molecule has 1 aromatic rings. The van der Waals surface area contributed by atoms with Crippen molar-refractivity contribution in [3.8, 4) is 6.07 Å². The maximum absolute atomic E-state index is 9.22. The lowest BCUT2D eigenvalue weighted by atomic mass is 10.1. The van der Waals surface area contributed by atoms with Gasteiger partial charge in [-0.1, -0.05) is 0 Å². The molecule has 1 N–H and O–H groups in total. The van der Waals surface area contributed by atoms with Gasteiger partial charge in [0.1, 0.15) is 11.9 Å². The summed E-state index contributed by atoms with van der Waals surface area (Å²) in [7, 11) is 0. The second-order valence-corrected chi connectivity index (χ2v) is 4.99. The van der Waals surface area contributed by atoms with Crippen molar-refractivity contribution in [2.24, 2.45) is 0 Å². The van der Waals surface area contributed by atoms with Gasteiger partial charge in [-0.3, -0.25) is 0 Å². The lowest BCUT2D eigenvalue weighted by molar-refractivity contribution is 0.0904. The van der Waals surface area contributed by atoms with Gasteiger partial charge in [0.25, 0.3) is 0 Å². The summed E-state index contributed by atoms with van der Waals surface area (Å²) in [6, 6.07) is 4.66. The van der Waals surface area contributed by atoms with Crippen LogP contribution in [0, 0.1) is 11.3 Å². The summed E-state index contributed by atoms with van der Waals surface area (Å²) in [6.45, 7) is 1.59. The summed E-state index contributed by atoms with van der Waals surface area (Å²) in [5.74, 6) is 0.769. The number of pyridine rings is 1. The van der Waals surface area contributed by atoms with Crippen molar-refractivity contribution in [3.05, 3.63) is 22.9 Å². The first-order valence-electron chi connectivity index (χ1n) is 6.64. The highest BCUT2D eigenvalue weighted by Crippen LogP contribution is 2.26.